The second-order valence-electron chi connectivity index (χ2n) is 4.39. The number of H-pyrrole nitrogens is 1. The van der Waals surface area contributed by atoms with Crippen LogP contribution in [-0.4, -0.2) is 28.2 Å². The zero-order chi connectivity index (χ0) is 12.3. The lowest BCUT2D eigenvalue weighted by Crippen LogP contribution is -2.16. The Morgan fingerprint density at radius 3 is 3.00 bits per heavy atom. The maximum atomic E-state index is 9.12. The van der Waals surface area contributed by atoms with Crippen LogP contribution >= 0.6 is 0 Å². The van der Waals surface area contributed by atoms with E-state index in [9.17, 15) is 0 Å². The largest absolute Gasteiger partial charge is 0.396 e. The fraction of sp³-hybridized carbons (Fsp3) is 0.462. The van der Waals surface area contributed by atoms with Gasteiger partial charge in [-0.15, -0.1) is 0 Å². The minimum absolute atomic E-state index is 0.231. The van der Waals surface area contributed by atoms with Gasteiger partial charge in [0.2, 0.25) is 0 Å². The Bertz CT molecular complexity index is 488. The molecule has 2 rings (SSSR count). The number of benzene rings is 1. The highest BCUT2D eigenvalue weighted by molar-refractivity contribution is 5.79. The number of imidazole rings is 1. The van der Waals surface area contributed by atoms with Crippen LogP contribution in [0.5, 0.6) is 0 Å². The number of hydrogen-bond donors (Lipinski definition) is 3. The molecule has 0 fully saturated rings. The number of aryl methyl sites for hydroxylation is 1. The number of fused-ring (bicyclic) bond motifs is 1. The summed E-state index contributed by atoms with van der Waals surface area (Å²) in [7, 11) is 0. The van der Waals surface area contributed by atoms with Gasteiger partial charge in [0.15, 0.2) is 0 Å². The standard InChI is InChI=1S/C13H19N3O/c1-3-10(8-17)7-14-11-4-5-12-13(6-11)16-9(2)15-12/h4-6,10,14,17H,3,7-8H2,1-2H3,(H,15,16). The molecule has 0 spiro atoms. The van der Waals surface area contributed by atoms with E-state index in [2.05, 4.69) is 28.3 Å². The van der Waals surface area contributed by atoms with Crippen molar-refractivity contribution in [2.75, 3.05) is 18.5 Å². The Morgan fingerprint density at radius 1 is 1.47 bits per heavy atom. The van der Waals surface area contributed by atoms with Crippen LogP contribution in [0.1, 0.15) is 19.2 Å². The molecule has 0 aliphatic carbocycles. The average Bonchev–Trinajstić information content (AvgIpc) is 2.69. The molecule has 92 valence electrons. The Labute approximate surface area is 101 Å². The van der Waals surface area contributed by atoms with E-state index in [4.69, 9.17) is 5.11 Å². The van der Waals surface area contributed by atoms with Gasteiger partial charge in [-0.25, -0.2) is 4.98 Å². The summed E-state index contributed by atoms with van der Waals surface area (Å²) in [6.07, 6.45) is 0.981. The molecule has 0 aliphatic rings. The number of hydrogen-bond acceptors (Lipinski definition) is 3. The number of rotatable bonds is 5. The molecule has 1 aromatic heterocycles. The van der Waals surface area contributed by atoms with Crippen LogP contribution in [0.25, 0.3) is 11.0 Å². The summed E-state index contributed by atoms with van der Waals surface area (Å²) >= 11 is 0. The third-order valence-corrected chi connectivity index (χ3v) is 3.03. The number of aliphatic hydroxyl groups is 1. The maximum Gasteiger partial charge on any atom is 0.104 e. The van der Waals surface area contributed by atoms with Crippen LogP contribution in [0.2, 0.25) is 0 Å². The second kappa shape index (κ2) is 5.19. The first-order valence-electron chi connectivity index (χ1n) is 6.04. The zero-order valence-corrected chi connectivity index (χ0v) is 10.3. The van der Waals surface area contributed by atoms with Crippen molar-refractivity contribution < 1.29 is 5.11 Å². The Balaban J connectivity index is 2.08. The van der Waals surface area contributed by atoms with Crippen LogP contribution in [0.4, 0.5) is 5.69 Å². The van der Waals surface area contributed by atoms with Crippen molar-refractivity contribution in [2.45, 2.75) is 20.3 Å². The van der Waals surface area contributed by atoms with Crippen molar-refractivity contribution in [3.8, 4) is 0 Å². The fourth-order valence-electron chi connectivity index (χ4n) is 1.85. The predicted molar refractivity (Wildman–Crippen MR) is 70.2 cm³/mol. The first kappa shape index (κ1) is 11.9. The van der Waals surface area contributed by atoms with E-state index in [0.29, 0.717) is 5.92 Å². The summed E-state index contributed by atoms with van der Waals surface area (Å²) in [6, 6.07) is 6.08. The molecule has 0 bridgehead atoms. The van der Waals surface area contributed by atoms with Crippen LogP contribution < -0.4 is 5.32 Å². The van der Waals surface area contributed by atoms with Crippen molar-refractivity contribution >= 4 is 16.7 Å². The van der Waals surface area contributed by atoms with Crippen LogP contribution in [0, 0.1) is 12.8 Å². The zero-order valence-electron chi connectivity index (χ0n) is 10.3. The molecule has 17 heavy (non-hydrogen) atoms. The quantitative estimate of drug-likeness (QED) is 0.742. The van der Waals surface area contributed by atoms with E-state index in [1.807, 2.05) is 19.1 Å². The average molecular weight is 233 g/mol. The van der Waals surface area contributed by atoms with E-state index in [1.165, 1.54) is 0 Å². The van der Waals surface area contributed by atoms with Gasteiger partial charge in [0.25, 0.3) is 0 Å². The highest BCUT2D eigenvalue weighted by Crippen LogP contribution is 2.17. The number of nitrogens with one attached hydrogen (secondary N) is 2. The normalized spacial score (nSPS) is 12.9. The van der Waals surface area contributed by atoms with E-state index in [0.717, 1.165) is 35.5 Å². The third-order valence-electron chi connectivity index (χ3n) is 3.03. The van der Waals surface area contributed by atoms with Crippen molar-refractivity contribution in [2.24, 2.45) is 5.92 Å². The molecule has 1 unspecified atom stereocenters. The summed E-state index contributed by atoms with van der Waals surface area (Å²) in [5.41, 5.74) is 3.10. The summed E-state index contributed by atoms with van der Waals surface area (Å²) in [5, 5.41) is 12.5. The second-order valence-corrected chi connectivity index (χ2v) is 4.39. The van der Waals surface area contributed by atoms with Crippen molar-refractivity contribution in [3.63, 3.8) is 0 Å². The molecule has 4 heteroatoms. The number of anilines is 1. The van der Waals surface area contributed by atoms with Gasteiger partial charge < -0.3 is 15.4 Å². The SMILES string of the molecule is CCC(CO)CNc1ccc2nc(C)[nH]c2c1. The lowest BCUT2D eigenvalue weighted by molar-refractivity contribution is 0.230. The van der Waals surface area contributed by atoms with E-state index in [1.54, 1.807) is 0 Å². The van der Waals surface area contributed by atoms with Gasteiger partial charge in [0, 0.05) is 18.8 Å². The van der Waals surface area contributed by atoms with E-state index in [-0.39, 0.29) is 6.61 Å². The molecule has 0 radical (unpaired) electrons. The minimum Gasteiger partial charge on any atom is -0.396 e. The van der Waals surface area contributed by atoms with Gasteiger partial charge >= 0.3 is 0 Å². The molecule has 0 amide bonds. The van der Waals surface area contributed by atoms with Crippen LogP contribution in [-0.2, 0) is 0 Å². The summed E-state index contributed by atoms with van der Waals surface area (Å²) in [6.45, 7) is 5.07. The summed E-state index contributed by atoms with van der Waals surface area (Å²) in [5.74, 6) is 1.24. The Morgan fingerprint density at radius 2 is 2.29 bits per heavy atom. The first-order valence-corrected chi connectivity index (χ1v) is 6.04. The van der Waals surface area contributed by atoms with Crippen LogP contribution in [0.15, 0.2) is 18.2 Å². The summed E-state index contributed by atoms with van der Waals surface area (Å²) < 4.78 is 0. The molecular formula is C13H19N3O. The molecule has 1 heterocycles. The molecule has 0 aliphatic heterocycles. The molecule has 4 nitrogen and oxygen atoms in total. The Hall–Kier alpha value is -1.55. The lowest BCUT2D eigenvalue weighted by atomic mass is 10.1. The van der Waals surface area contributed by atoms with E-state index < -0.39 is 0 Å². The van der Waals surface area contributed by atoms with Gasteiger partial charge in [0.1, 0.15) is 5.82 Å². The molecule has 1 aromatic carbocycles. The molecule has 0 saturated carbocycles. The van der Waals surface area contributed by atoms with Gasteiger partial charge in [-0.1, -0.05) is 6.92 Å². The van der Waals surface area contributed by atoms with Gasteiger partial charge in [-0.2, -0.15) is 0 Å². The molecular weight excluding hydrogens is 214 g/mol. The smallest absolute Gasteiger partial charge is 0.104 e. The van der Waals surface area contributed by atoms with Crippen molar-refractivity contribution in [1.82, 2.24) is 9.97 Å². The summed E-state index contributed by atoms with van der Waals surface area (Å²) in [4.78, 5) is 7.57. The predicted octanol–water partition coefficient (Wildman–Crippen LogP) is 2.30. The molecule has 0 saturated heterocycles. The fourth-order valence-corrected chi connectivity index (χ4v) is 1.85. The number of aliphatic hydroxyl groups excluding tert-OH is 1. The molecule has 3 N–H and O–H groups in total. The third kappa shape index (κ3) is 2.77. The highest BCUT2D eigenvalue weighted by atomic mass is 16.3. The van der Waals surface area contributed by atoms with Gasteiger partial charge in [-0.05, 0) is 37.5 Å². The Kier molecular flexibility index (Phi) is 3.64. The molecule has 1 atom stereocenters. The number of aromatic amines is 1. The lowest BCUT2D eigenvalue weighted by Gasteiger charge is -2.13. The highest BCUT2D eigenvalue weighted by Gasteiger charge is 2.05. The van der Waals surface area contributed by atoms with Gasteiger partial charge in [0.05, 0.1) is 11.0 Å². The monoisotopic (exact) mass is 233 g/mol. The minimum atomic E-state index is 0.231. The van der Waals surface area contributed by atoms with E-state index >= 15 is 0 Å². The van der Waals surface area contributed by atoms with Gasteiger partial charge in [-0.3, -0.25) is 0 Å². The number of nitrogens with zero attached hydrogens (tertiary/aromatic N) is 1. The first-order chi connectivity index (χ1) is 8.22. The maximum absolute atomic E-state index is 9.12. The topological polar surface area (TPSA) is 60.9 Å². The van der Waals surface area contributed by atoms with Crippen molar-refractivity contribution in [3.05, 3.63) is 24.0 Å². The van der Waals surface area contributed by atoms with Crippen LogP contribution in [0.3, 0.4) is 0 Å². The number of aromatic nitrogens is 2. The van der Waals surface area contributed by atoms with Crippen molar-refractivity contribution in [1.29, 1.82) is 0 Å². The molecule has 2 aromatic rings.